The van der Waals surface area contributed by atoms with Crippen molar-refractivity contribution >= 4 is 17.9 Å². The van der Waals surface area contributed by atoms with Gasteiger partial charge in [-0.05, 0) is 0 Å². The molecule has 0 aromatic carbocycles. The van der Waals surface area contributed by atoms with Gasteiger partial charge in [0.25, 0.3) is 0 Å². The molecule has 0 saturated heterocycles. The van der Waals surface area contributed by atoms with Gasteiger partial charge in [0.2, 0.25) is 0 Å². The molecule has 5 nitrogen and oxygen atoms in total. The summed E-state index contributed by atoms with van der Waals surface area (Å²) < 4.78 is 6.49. The van der Waals surface area contributed by atoms with Gasteiger partial charge in [-0.3, -0.25) is 9.48 Å². The zero-order valence-electron chi connectivity index (χ0n) is 8.90. The second-order valence-corrected chi connectivity index (χ2v) is 3.68. The molecule has 0 aliphatic heterocycles. The summed E-state index contributed by atoms with van der Waals surface area (Å²) in [6.45, 7) is 1.95. The summed E-state index contributed by atoms with van der Waals surface area (Å²) in [5, 5.41) is 8.28. The maximum Gasteiger partial charge on any atom is 0.155 e. The van der Waals surface area contributed by atoms with Gasteiger partial charge in [0.05, 0.1) is 5.56 Å². The van der Waals surface area contributed by atoms with E-state index >= 15 is 0 Å². The Morgan fingerprint density at radius 1 is 1.62 bits per heavy atom. The summed E-state index contributed by atoms with van der Waals surface area (Å²) in [5.74, 6) is 0.744. The SMILES string of the molecule is CCc1cc(-c2nn(C)c(Cl)c2C=O)no1. The monoisotopic (exact) mass is 239 g/mol. The van der Waals surface area contributed by atoms with Gasteiger partial charge in [0.15, 0.2) is 6.29 Å². The Hall–Kier alpha value is -1.62. The van der Waals surface area contributed by atoms with Crippen LogP contribution in [0.2, 0.25) is 5.15 Å². The van der Waals surface area contributed by atoms with Crippen molar-refractivity contribution in [2.45, 2.75) is 13.3 Å². The minimum absolute atomic E-state index is 0.297. The molecule has 0 saturated carbocycles. The number of halogens is 1. The van der Waals surface area contributed by atoms with E-state index in [0.717, 1.165) is 12.2 Å². The minimum Gasteiger partial charge on any atom is -0.361 e. The normalized spacial score (nSPS) is 10.7. The standard InChI is InChI=1S/C10H10ClN3O2/c1-3-6-4-8(13-16-6)9-7(5-15)10(11)14(2)12-9/h4-5H,3H2,1-2H3. The van der Waals surface area contributed by atoms with Crippen LogP contribution >= 0.6 is 11.6 Å². The Kier molecular flexibility index (Phi) is 2.78. The molecule has 6 heteroatoms. The Bertz CT molecular complexity index is 530. The second kappa shape index (κ2) is 4.09. The van der Waals surface area contributed by atoms with Crippen LogP contribution in [0.3, 0.4) is 0 Å². The fourth-order valence-electron chi connectivity index (χ4n) is 1.40. The van der Waals surface area contributed by atoms with E-state index in [0.29, 0.717) is 28.4 Å². The number of aldehydes is 1. The maximum absolute atomic E-state index is 10.9. The van der Waals surface area contributed by atoms with Gasteiger partial charge < -0.3 is 4.52 Å². The Labute approximate surface area is 97.0 Å². The van der Waals surface area contributed by atoms with Crippen molar-refractivity contribution in [2.75, 3.05) is 0 Å². The number of carbonyl (C=O) groups is 1. The van der Waals surface area contributed by atoms with Crippen LogP contribution in [-0.4, -0.2) is 21.2 Å². The van der Waals surface area contributed by atoms with Gasteiger partial charge in [0.1, 0.15) is 22.3 Å². The van der Waals surface area contributed by atoms with Gasteiger partial charge in [-0.2, -0.15) is 5.10 Å². The fraction of sp³-hybridized carbons (Fsp3) is 0.300. The second-order valence-electron chi connectivity index (χ2n) is 3.33. The van der Waals surface area contributed by atoms with Crippen LogP contribution in [0, 0.1) is 0 Å². The maximum atomic E-state index is 10.9. The van der Waals surface area contributed by atoms with E-state index in [4.69, 9.17) is 16.1 Å². The summed E-state index contributed by atoms with van der Waals surface area (Å²) in [7, 11) is 1.67. The van der Waals surface area contributed by atoms with Crippen molar-refractivity contribution in [3.05, 3.63) is 22.5 Å². The quantitative estimate of drug-likeness (QED) is 0.770. The smallest absolute Gasteiger partial charge is 0.155 e. The fourth-order valence-corrected chi connectivity index (χ4v) is 1.58. The van der Waals surface area contributed by atoms with Gasteiger partial charge in [-0.1, -0.05) is 23.7 Å². The van der Waals surface area contributed by atoms with Crippen LogP contribution in [-0.2, 0) is 13.5 Å². The molecule has 0 aliphatic carbocycles. The lowest BCUT2D eigenvalue weighted by atomic mass is 10.2. The van der Waals surface area contributed by atoms with Crippen molar-refractivity contribution in [2.24, 2.45) is 7.05 Å². The molecule has 0 aliphatic rings. The Morgan fingerprint density at radius 3 is 2.94 bits per heavy atom. The predicted molar refractivity (Wildman–Crippen MR) is 58.5 cm³/mol. The molecule has 2 rings (SSSR count). The van der Waals surface area contributed by atoms with Gasteiger partial charge >= 0.3 is 0 Å². The lowest BCUT2D eigenvalue weighted by Gasteiger charge is -1.87. The summed E-state index contributed by atoms with van der Waals surface area (Å²) in [4.78, 5) is 10.9. The highest BCUT2D eigenvalue weighted by Gasteiger charge is 2.18. The molecule has 0 radical (unpaired) electrons. The summed E-state index contributed by atoms with van der Waals surface area (Å²) >= 11 is 5.92. The van der Waals surface area contributed by atoms with E-state index < -0.39 is 0 Å². The molecule has 0 spiro atoms. The number of hydrogen-bond acceptors (Lipinski definition) is 4. The van der Waals surface area contributed by atoms with Gasteiger partial charge in [-0.15, -0.1) is 0 Å². The topological polar surface area (TPSA) is 60.9 Å². The van der Waals surface area contributed by atoms with Crippen LogP contribution in [0.5, 0.6) is 0 Å². The molecule has 0 amide bonds. The highest BCUT2D eigenvalue weighted by molar-refractivity contribution is 6.32. The molecule has 0 N–H and O–H groups in total. The average molecular weight is 240 g/mol. The number of rotatable bonds is 3. The molecule has 0 bridgehead atoms. The molecule has 0 atom stereocenters. The largest absolute Gasteiger partial charge is 0.361 e. The highest BCUT2D eigenvalue weighted by atomic mass is 35.5. The van der Waals surface area contributed by atoms with E-state index in [9.17, 15) is 4.79 Å². The number of aryl methyl sites for hydroxylation is 2. The molecule has 0 fully saturated rings. The van der Waals surface area contributed by atoms with Crippen LogP contribution in [0.1, 0.15) is 23.0 Å². The minimum atomic E-state index is 0.297. The van der Waals surface area contributed by atoms with Gasteiger partial charge in [0, 0.05) is 19.5 Å². The third-order valence-corrected chi connectivity index (χ3v) is 2.73. The Morgan fingerprint density at radius 2 is 2.38 bits per heavy atom. The summed E-state index contributed by atoms with van der Waals surface area (Å²) in [6.07, 6.45) is 1.41. The molecular weight excluding hydrogens is 230 g/mol. The lowest BCUT2D eigenvalue weighted by Crippen LogP contribution is -1.89. The number of aromatic nitrogens is 3. The molecule has 2 aromatic heterocycles. The molecular formula is C10H10ClN3O2. The van der Waals surface area contributed by atoms with Crippen LogP contribution < -0.4 is 0 Å². The zero-order chi connectivity index (χ0) is 11.7. The van der Waals surface area contributed by atoms with E-state index in [1.165, 1.54) is 4.68 Å². The predicted octanol–water partition coefficient (Wildman–Crippen LogP) is 2.10. The van der Waals surface area contributed by atoms with Crippen molar-refractivity contribution in [3.8, 4) is 11.4 Å². The Balaban J connectivity index is 2.54. The molecule has 2 aromatic rings. The van der Waals surface area contributed by atoms with E-state index in [1.807, 2.05) is 6.92 Å². The van der Waals surface area contributed by atoms with Gasteiger partial charge in [-0.25, -0.2) is 0 Å². The van der Waals surface area contributed by atoms with Crippen LogP contribution in [0.25, 0.3) is 11.4 Å². The van der Waals surface area contributed by atoms with Crippen molar-refractivity contribution in [1.82, 2.24) is 14.9 Å². The lowest BCUT2D eigenvalue weighted by molar-refractivity contribution is 0.112. The van der Waals surface area contributed by atoms with Crippen molar-refractivity contribution < 1.29 is 9.32 Å². The third-order valence-electron chi connectivity index (χ3n) is 2.28. The zero-order valence-corrected chi connectivity index (χ0v) is 9.65. The van der Waals surface area contributed by atoms with E-state index in [-0.39, 0.29) is 0 Å². The van der Waals surface area contributed by atoms with Crippen molar-refractivity contribution in [1.29, 1.82) is 0 Å². The highest BCUT2D eigenvalue weighted by Crippen LogP contribution is 2.26. The number of hydrogen-bond donors (Lipinski definition) is 0. The number of carbonyl (C=O) groups excluding carboxylic acids is 1. The first kappa shape index (κ1) is 10.9. The first-order chi connectivity index (χ1) is 7.67. The van der Waals surface area contributed by atoms with Crippen molar-refractivity contribution in [3.63, 3.8) is 0 Å². The molecule has 16 heavy (non-hydrogen) atoms. The third kappa shape index (κ3) is 1.63. The first-order valence-corrected chi connectivity index (χ1v) is 5.18. The summed E-state index contributed by atoms with van der Waals surface area (Å²) in [5.41, 5.74) is 1.31. The first-order valence-electron chi connectivity index (χ1n) is 4.81. The molecule has 84 valence electrons. The van der Waals surface area contributed by atoms with E-state index in [2.05, 4.69) is 10.3 Å². The molecule has 2 heterocycles. The molecule has 0 unspecified atom stereocenters. The van der Waals surface area contributed by atoms with Crippen LogP contribution in [0.15, 0.2) is 10.6 Å². The average Bonchev–Trinajstić information content (AvgIpc) is 2.85. The number of nitrogens with zero attached hydrogens (tertiary/aromatic N) is 3. The van der Waals surface area contributed by atoms with E-state index in [1.54, 1.807) is 13.1 Å². The van der Waals surface area contributed by atoms with Crippen LogP contribution in [0.4, 0.5) is 0 Å². The summed E-state index contributed by atoms with van der Waals surface area (Å²) in [6, 6.07) is 1.76.